The molecule has 3 aliphatic rings. The van der Waals surface area contributed by atoms with Crippen molar-refractivity contribution in [3.63, 3.8) is 0 Å². The number of nitrogens with zero attached hydrogens (tertiary/aromatic N) is 2. The molecule has 5 heterocycles. The highest BCUT2D eigenvalue weighted by molar-refractivity contribution is 5.96. The molecule has 0 aliphatic carbocycles. The number of hydrogen-bond acceptors (Lipinski definition) is 5. The van der Waals surface area contributed by atoms with Gasteiger partial charge in [0.05, 0.1) is 34.2 Å². The molecular formula is C48H40N4O3. The number of fused-ring (bicyclic) bond motifs is 8. The van der Waals surface area contributed by atoms with Crippen LogP contribution >= 0.6 is 0 Å². The Morgan fingerprint density at radius 2 is 0.764 bits per heavy atom. The first-order chi connectivity index (χ1) is 27.2. The van der Waals surface area contributed by atoms with Gasteiger partial charge in [-0.25, -0.2) is 9.97 Å². The second-order valence-corrected chi connectivity index (χ2v) is 13.3. The third-order valence-electron chi connectivity index (χ3n) is 9.94. The summed E-state index contributed by atoms with van der Waals surface area (Å²) in [6.45, 7) is 4.79. The van der Waals surface area contributed by atoms with Crippen LogP contribution in [0.4, 0.5) is 0 Å². The van der Waals surface area contributed by atoms with Crippen LogP contribution in [0.15, 0.2) is 133 Å². The van der Waals surface area contributed by atoms with Gasteiger partial charge in [-0.1, -0.05) is 121 Å². The van der Waals surface area contributed by atoms with Gasteiger partial charge in [0.25, 0.3) is 0 Å². The van der Waals surface area contributed by atoms with E-state index in [1.54, 1.807) is 0 Å². The molecule has 9 rings (SSSR count). The summed E-state index contributed by atoms with van der Waals surface area (Å²) in [4.78, 5) is 18.5. The zero-order valence-corrected chi connectivity index (χ0v) is 30.7. The SMILES string of the molecule is CCOC1OC(OCC)c2[nH]c1c(-c1ccccc1)c1nc(c(-c3ccccc3)c3ccc([nH]3)c(-c3ccccc3)c3nc(c2-c2ccccc2)C=C3)C=C1. The number of benzene rings is 4. The molecule has 270 valence electrons. The van der Waals surface area contributed by atoms with Gasteiger partial charge < -0.3 is 24.2 Å². The Hall–Kier alpha value is -6.38. The van der Waals surface area contributed by atoms with E-state index in [-0.39, 0.29) is 0 Å². The van der Waals surface area contributed by atoms with Crippen molar-refractivity contribution in [3.05, 3.63) is 168 Å². The van der Waals surface area contributed by atoms with Gasteiger partial charge in [-0.2, -0.15) is 0 Å². The Morgan fingerprint density at radius 3 is 1.11 bits per heavy atom. The fourth-order valence-corrected chi connectivity index (χ4v) is 7.57. The number of nitrogens with one attached hydrogen (secondary N) is 2. The van der Waals surface area contributed by atoms with E-state index in [4.69, 9.17) is 24.2 Å². The average molecular weight is 721 g/mol. The first kappa shape index (κ1) is 34.4. The van der Waals surface area contributed by atoms with E-state index in [9.17, 15) is 0 Å². The lowest BCUT2D eigenvalue weighted by molar-refractivity contribution is -0.261. The van der Waals surface area contributed by atoms with E-state index >= 15 is 0 Å². The lowest BCUT2D eigenvalue weighted by atomic mass is 9.99. The fraction of sp³-hybridized carbons (Fsp3) is 0.125. The Bertz CT molecular complexity index is 2420. The zero-order chi connectivity index (χ0) is 37.1. The van der Waals surface area contributed by atoms with Gasteiger partial charge in [0, 0.05) is 46.5 Å². The van der Waals surface area contributed by atoms with Crippen LogP contribution in [0.2, 0.25) is 0 Å². The van der Waals surface area contributed by atoms with Crippen LogP contribution in [0.5, 0.6) is 0 Å². The van der Waals surface area contributed by atoms with Gasteiger partial charge in [-0.15, -0.1) is 0 Å². The molecule has 3 aliphatic heterocycles. The summed E-state index contributed by atoms with van der Waals surface area (Å²) in [5.74, 6) is 0. The zero-order valence-electron chi connectivity index (χ0n) is 30.7. The molecule has 6 aromatic rings. The number of rotatable bonds is 8. The van der Waals surface area contributed by atoms with Gasteiger partial charge in [-0.3, -0.25) is 0 Å². The predicted octanol–water partition coefficient (Wildman–Crippen LogP) is 11.8. The van der Waals surface area contributed by atoms with Crippen LogP contribution in [0.25, 0.3) is 79.8 Å². The lowest BCUT2D eigenvalue weighted by Crippen LogP contribution is -2.24. The first-order valence-corrected chi connectivity index (χ1v) is 18.8. The molecule has 0 radical (unpaired) electrons. The van der Waals surface area contributed by atoms with Crippen molar-refractivity contribution in [1.82, 2.24) is 19.9 Å². The van der Waals surface area contributed by atoms with E-state index in [0.29, 0.717) is 13.2 Å². The second kappa shape index (κ2) is 15.2. The van der Waals surface area contributed by atoms with Crippen molar-refractivity contribution < 1.29 is 14.2 Å². The number of aromatic amines is 2. The van der Waals surface area contributed by atoms with Crippen LogP contribution in [0, 0.1) is 0 Å². The molecule has 55 heavy (non-hydrogen) atoms. The summed E-state index contributed by atoms with van der Waals surface area (Å²) < 4.78 is 19.6. The van der Waals surface area contributed by atoms with Crippen molar-refractivity contribution in [2.45, 2.75) is 26.4 Å². The summed E-state index contributed by atoms with van der Waals surface area (Å²) in [5, 5.41) is 0. The van der Waals surface area contributed by atoms with E-state index < -0.39 is 12.6 Å². The molecule has 7 heteroatoms. The minimum Gasteiger partial charge on any atom is -0.354 e. The van der Waals surface area contributed by atoms with Gasteiger partial charge in [0.2, 0.25) is 12.6 Å². The predicted molar refractivity (Wildman–Crippen MR) is 222 cm³/mol. The molecule has 0 fully saturated rings. The van der Waals surface area contributed by atoms with Crippen LogP contribution in [-0.4, -0.2) is 33.1 Å². The lowest BCUT2D eigenvalue weighted by Gasteiger charge is -2.32. The molecular weight excluding hydrogens is 681 g/mol. The molecule has 7 nitrogen and oxygen atoms in total. The maximum atomic E-state index is 6.85. The number of ether oxygens (including phenoxy) is 3. The molecule has 0 spiro atoms. The van der Waals surface area contributed by atoms with Gasteiger partial charge in [0.15, 0.2) is 0 Å². The van der Waals surface area contributed by atoms with Crippen molar-refractivity contribution in [3.8, 4) is 44.5 Å². The van der Waals surface area contributed by atoms with Crippen LogP contribution in [0.1, 0.15) is 60.6 Å². The number of hydrogen-bond donors (Lipinski definition) is 2. The highest BCUT2D eigenvalue weighted by Crippen LogP contribution is 2.43. The number of aromatic nitrogens is 4. The number of H-pyrrole nitrogens is 2. The van der Waals surface area contributed by atoms with Crippen LogP contribution in [0.3, 0.4) is 0 Å². The topological polar surface area (TPSA) is 85.0 Å². The first-order valence-electron chi connectivity index (χ1n) is 18.8. The molecule has 2 aromatic heterocycles. The van der Waals surface area contributed by atoms with Crippen molar-refractivity contribution in [2.75, 3.05) is 13.2 Å². The summed E-state index contributed by atoms with van der Waals surface area (Å²) in [7, 11) is 0. The molecule has 8 bridgehead atoms. The van der Waals surface area contributed by atoms with Crippen LogP contribution < -0.4 is 0 Å². The minimum absolute atomic E-state index is 0.425. The van der Waals surface area contributed by atoms with Crippen molar-refractivity contribution >= 4 is 35.3 Å². The van der Waals surface area contributed by atoms with Gasteiger partial charge in [-0.05, 0) is 72.5 Å². The van der Waals surface area contributed by atoms with Crippen molar-refractivity contribution in [1.29, 1.82) is 0 Å². The van der Waals surface area contributed by atoms with E-state index in [0.717, 1.165) is 89.7 Å². The largest absolute Gasteiger partial charge is 0.354 e. The normalized spacial score (nSPS) is 15.5. The van der Waals surface area contributed by atoms with E-state index in [1.807, 2.05) is 62.4 Å². The summed E-state index contributed by atoms with van der Waals surface area (Å²) in [6.07, 6.45) is 6.81. The van der Waals surface area contributed by atoms with Crippen molar-refractivity contribution in [2.24, 2.45) is 0 Å². The summed E-state index contributed by atoms with van der Waals surface area (Å²) in [6, 6.07) is 45.7. The maximum Gasteiger partial charge on any atom is 0.202 e. The molecule has 0 amide bonds. The average Bonchev–Trinajstić information content (AvgIpc) is 4.02. The Balaban J connectivity index is 1.52. The molecule has 0 saturated heterocycles. The van der Waals surface area contributed by atoms with Crippen LogP contribution in [-0.2, 0) is 14.2 Å². The maximum absolute atomic E-state index is 6.85. The third-order valence-corrected chi connectivity index (χ3v) is 9.94. The summed E-state index contributed by atoms with van der Waals surface area (Å²) >= 11 is 0. The van der Waals surface area contributed by atoms with E-state index in [1.165, 1.54) is 0 Å². The quantitative estimate of drug-likeness (QED) is 0.163. The highest BCUT2D eigenvalue weighted by atomic mass is 16.8. The monoisotopic (exact) mass is 720 g/mol. The Morgan fingerprint density at radius 1 is 0.436 bits per heavy atom. The van der Waals surface area contributed by atoms with Gasteiger partial charge in [0.1, 0.15) is 0 Å². The molecule has 2 N–H and O–H groups in total. The highest BCUT2D eigenvalue weighted by Gasteiger charge is 2.33. The van der Waals surface area contributed by atoms with E-state index in [2.05, 4.69) is 119 Å². The fourth-order valence-electron chi connectivity index (χ4n) is 7.57. The second-order valence-electron chi connectivity index (χ2n) is 13.3. The molecule has 0 saturated carbocycles. The standard InChI is InChI=1S/C48H40N4O3/c1-3-53-47-45-43(33-21-13-7-14-22-33)39-29-27-37(50-39)41(31-17-9-5-10-18-31)35-25-26-36(49-35)42(32-19-11-6-12-20-32)38-28-30-40(51-38)44(34-23-15-8-16-24-34)46(52-45)48(55-47)54-4-2/h5-30,47-49,52H,3-4H2,1-2H3. The Kier molecular flexibility index (Phi) is 9.48. The summed E-state index contributed by atoms with van der Waals surface area (Å²) in [5.41, 5.74) is 14.4. The Labute approximate surface area is 320 Å². The third kappa shape index (κ3) is 6.59. The van der Waals surface area contributed by atoms with Gasteiger partial charge >= 0.3 is 0 Å². The minimum atomic E-state index is -0.777. The molecule has 2 unspecified atom stereocenters. The molecule has 4 aromatic carbocycles. The smallest absolute Gasteiger partial charge is 0.202 e. The molecule has 2 atom stereocenters.